The van der Waals surface area contributed by atoms with Crippen LogP contribution in [0.4, 0.5) is 0 Å². The standard InChI is InChI=1S/C26H35N3O3/c1-28(26(31)22-16-21-10-3-5-11-23(21)27-25(22)30)17-19-8-7-14-29(18-19)15-13-20-9-4-6-12-24(20)32-2/h4,6,9,12,16,19H,3,5,7-8,10-11,13-15,17-18H2,1-2H3,(H,27,30)/t19-/m1/s1. The van der Waals surface area contributed by atoms with Gasteiger partial charge < -0.3 is 19.5 Å². The lowest BCUT2D eigenvalue weighted by Gasteiger charge is -2.34. The number of benzene rings is 1. The van der Waals surface area contributed by atoms with Crippen LogP contribution in [0.2, 0.25) is 0 Å². The van der Waals surface area contributed by atoms with Crippen LogP contribution >= 0.6 is 0 Å². The molecule has 0 radical (unpaired) electrons. The Labute approximate surface area is 190 Å². The maximum atomic E-state index is 13.1. The maximum Gasteiger partial charge on any atom is 0.261 e. The highest BCUT2D eigenvalue weighted by Gasteiger charge is 2.25. The van der Waals surface area contributed by atoms with Crippen molar-refractivity contribution >= 4 is 5.91 Å². The van der Waals surface area contributed by atoms with E-state index in [1.54, 1.807) is 12.0 Å². The lowest BCUT2D eigenvalue weighted by atomic mass is 9.94. The Morgan fingerprint density at radius 1 is 1.22 bits per heavy atom. The Kier molecular flexibility index (Phi) is 7.30. The molecule has 172 valence electrons. The highest BCUT2D eigenvalue weighted by atomic mass is 16.5. The number of ether oxygens (including phenoxy) is 1. The minimum atomic E-state index is -0.246. The second-order valence-electron chi connectivity index (χ2n) is 9.28. The summed E-state index contributed by atoms with van der Waals surface area (Å²) in [6.07, 6.45) is 7.28. The van der Waals surface area contributed by atoms with Gasteiger partial charge in [-0.25, -0.2) is 0 Å². The zero-order valence-corrected chi connectivity index (χ0v) is 19.4. The van der Waals surface area contributed by atoms with E-state index in [0.29, 0.717) is 12.5 Å². The van der Waals surface area contributed by atoms with Gasteiger partial charge in [-0.1, -0.05) is 18.2 Å². The molecule has 1 amide bonds. The number of H-pyrrole nitrogens is 1. The van der Waals surface area contributed by atoms with Gasteiger partial charge in [0.15, 0.2) is 0 Å². The van der Waals surface area contributed by atoms with E-state index >= 15 is 0 Å². The van der Waals surface area contributed by atoms with Crippen molar-refractivity contribution in [2.75, 3.05) is 40.3 Å². The molecule has 2 heterocycles. The average molecular weight is 438 g/mol. The maximum absolute atomic E-state index is 13.1. The summed E-state index contributed by atoms with van der Waals surface area (Å²) in [6.45, 7) is 3.74. The van der Waals surface area contributed by atoms with Gasteiger partial charge in [-0.05, 0) is 80.7 Å². The van der Waals surface area contributed by atoms with Crippen LogP contribution in [0.25, 0.3) is 0 Å². The fourth-order valence-electron chi connectivity index (χ4n) is 5.20. The summed E-state index contributed by atoms with van der Waals surface area (Å²) in [5.74, 6) is 1.21. The number of nitrogens with one attached hydrogen (secondary N) is 1. The van der Waals surface area contributed by atoms with E-state index in [9.17, 15) is 9.59 Å². The molecule has 0 saturated carbocycles. The predicted molar refractivity (Wildman–Crippen MR) is 127 cm³/mol. The topological polar surface area (TPSA) is 65.6 Å². The average Bonchev–Trinajstić information content (AvgIpc) is 2.82. The summed E-state index contributed by atoms with van der Waals surface area (Å²) >= 11 is 0. The first-order valence-corrected chi connectivity index (χ1v) is 11.9. The summed E-state index contributed by atoms with van der Waals surface area (Å²) in [6, 6.07) is 10.0. The van der Waals surface area contributed by atoms with Crippen molar-refractivity contribution < 1.29 is 9.53 Å². The van der Waals surface area contributed by atoms with Crippen molar-refractivity contribution in [1.29, 1.82) is 0 Å². The van der Waals surface area contributed by atoms with Crippen LogP contribution < -0.4 is 10.3 Å². The number of methoxy groups -OCH3 is 1. The van der Waals surface area contributed by atoms with Crippen LogP contribution in [0, 0.1) is 5.92 Å². The zero-order valence-electron chi connectivity index (χ0n) is 19.4. The summed E-state index contributed by atoms with van der Waals surface area (Å²) in [4.78, 5) is 32.8. The normalized spacial score (nSPS) is 18.8. The van der Waals surface area contributed by atoms with Crippen LogP contribution in [0.3, 0.4) is 0 Å². The van der Waals surface area contributed by atoms with E-state index in [2.05, 4.69) is 22.0 Å². The Morgan fingerprint density at radius 3 is 2.88 bits per heavy atom. The molecule has 1 aliphatic carbocycles. The largest absolute Gasteiger partial charge is 0.496 e. The third-order valence-corrected chi connectivity index (χ3v) is 6.94. The summed E-state index contributed by atoms with van der Waals surface area (Å²) < 4.78 is 5.48. The Balaban J connectivity index is 1.34. The van der Waals surface area contributed by atoms with Crippen molar-refractivity contribution in [3.05, 3.63) is 63.1 Å². The molecule has 0 spiro atoms. The monoisotopic (exact) mass is 437 g/mol. The number of rotatable bonds is 7. The number of aryl methyl sites for hydroxylation is 2. The lowest BCUT2D eigenvalue weighted by Crippen LogP contribution is -2.43. The van der Waals surface area contributed by atoms with Gasteiger partial charge in [0.2, 0.25) is 0 Å². The molecule has 0 bridgehead atoms. The smallest absolute Gasteiger partial charge is 0.261 e. The number of likely N-dealkylation sites (tertiary alicyclic amines) is 1. The van der Waals surface area contributed by atoms with Crippen LogP contribution in [0.5, 0.6) is 5.75 Å². The van der Waals surface area contributed by atoms with E-state index in [-0.39, 0.29) is 17.0 Å². The molecule has 4 rings (SSSR count). The van der Waals surface area contributed by atoms with Crippen molar-refractivity contribution in [1.82, 2.24) is 14.8 Å². The van der Waals surface area contributed by atoms with Gasteiger partial charge >= 0.3 is 0 Å². The fourth-order valence-corrected chi connectivity index (χ4v) is 5.20. The second-order valence-corrected chi connectivity index (χ2v) is 9.28. The van der Waals surface area contributed by atoms with Gasteiger partial charge in [-0.2, -0.15) is 0 Å². The third kappa shape index (κ3) is 5.23. The summed E-state index contributed by atoms with van der Waals surface area (Å²) in [5.41, 5.74) is 3.42. The molecule has 1 aromatic heterocycles. The predicted octanol–water partition coefficient (Wildman–Crippen LogP) is 3.29. The first kappa shape index (κ1) is 22.6. The number of amides is 1. The number of carbonyl (C=O) groups is 1. The van der Waals surface area contributed by atoms with E-state index in [1.165, 1.54) is 5.56 Å². The molecule has 1 aliphatic heterocycles. The van der Waals surface area contributed by atoms with Crippen LogP contribution in [0.1, 0.15) is 52.9 Å². The number of aromatic amines is 1. The Hall–Kier alpha value is -2.60. The molecule has 1 aromatic carbocycles. The first-order valence-electron chi connectivity index (χ1n) is 11.9. The number of fused-ring (bicyclic) bond motifs is 1. The van der Waals surface area contributed by atoms with Crippen molar-refractivity contribution in [2.45, 2.75) is 44.9 Å². The van der Waals surface area contributed by atoms with E-state index in [0.717, 1.165) is 81.6 Å². The molecule has 32 heavy (non-hydrogen) atoms. The highest BCUT2D eigenvalue weighted by Crippen LogP contribution is 2.22. The zero-order chi connectivity index (χ0) is 22.5. The molecule has 6 heteroatoms. The van der Waals surface area contributed by atoms with E-state index in [1.807, 2.05) is 25.2 Å². The highest BCUT2D eigenvalue weighted by molar-refractivity contribution is 5.93. The number of hydrogen-bond acceptors (Lipinski definition) is 4. The van der Waals surface area contributed by atoms with Gasteiger partial charge in [0, 0.05) is 32.4 Å². The number of carbonyl (C=O) groups excluding carboxylic acids is 1. The number of piperidine rings is 1. The van der Waals surface area contributed by atoms with Gasteiger partial charge in [0.25, 0.3) is 11.5 Å². The molecule has 1 N–H and O–H groups in total. The molecule has 2 aromatic rings. The molecule has 1 atom stereocenters. The van der Waals surface area contributed by atoms with E-state index in [4.69, 9.17) is 4.74 Å². The van der Waals surface area contributed by atoms with Crippen molar-refractivity contribution in [3.63, 3.8) is 0 Å². The molecule has 0 unspecified atom stereocenters. The van der Waals surface area contributed by atoms with Crippen molar-refractivity contribution in [2.24, 2.45) is 5.92 Å². The first-order chi connectivity index (χ1) is 15.5. The Bertz CT molecular complexity index is 1000. The minimum Gasteiger partial charge on any atom is -0.496 e. The molecular formula is C26H35N3O3. The molecule has 1 saturated heterocycles. The van der Waals surface area contributed by atoms with E-state index < -0.39 is 0 Å². The summed E-state index contributed by atoms with van der Waals surface area (Å²) in [5, 5.41) is 0. The third-order valence-electron chi connectivity index (χ3n) is 6.94. The number of hydrogen-bond donors (Lipinski definition) is 1. The van der Waals surface area contributed by atoms with Gasteiger partial charge in [-0.3, -0.25) is 9.59 Å². The molecule has 2 aliphatic rings. The lowest BCUT2D eigenvalue weighted by molar-refractivity contribution is 0.0728. The summed E-state index contributed by atoms with van der Waals surface area (Å²) in [7, 11) is 3.55. The number of pyridine rings is 1. The van der Waals surface area contributed by atoms with Gasteiger partial charge in [0.1, 0.15) is 11.3 Å². The quantitative estimate of drug-likeness (QED) is 0.722. The number of nitrogens with zero attached hydrogens (tertiary/aromatic N) is 2. The van der Waals surface area contributed by atoms with Crippen LogP contribution in [0.15, 0.2) is 35.1 Å². The molecular weight excluding hydrogens is 402 g/mol. The van der Waals surface area contributed by atoms with Gasteiger partial charge in [0.05, 0.1) is 7.11 Å². The minimum absolute atomic E-state index is 0.161. The molecule has 1 fully saturated rings. The second kappa shape index (κ2) is 10.3. The number of aromatic nitrogens is 1. The Morgan fingerprint density at radius 2 is 2.03 bits per heavy atom. The van der Waals surface area contributed by atoms with Gasteiger partial charge in [-0.15, -0.1) is 0 Å². The molecule has 6 nitrogen and oxygen atoms in total. The van der Waals surface area contributed by atoms with Crippen LogP contribution in [-0.2, 0) is 19.3 Å². The van der Waals surface area contributed by atoms with Crippen LogP contribution in [-0.4, -0.2) is 61.0 Å². The van der Waals surface area contributed by atoms with Crippen molar-refractivity contribution in [3.8, 4) is 5.75 Å². The number of para-hydroxylation sites is 1. The SMILES string of the molecule is COc1ccccc1CCN1CCC[C@H](CN(C)C(=O)c2cc3c([nH]c2=O)CCCC3)C1. The fraction of sp³-hybridized carbons (Fsp3) is 0.538.